The molecule has 0 aliphatic rings. The van der Waals surface area contributed by atoms with Crippen LogP contribution >= 0.6 is 0 Å². The third-order valence-electron chi connectivity index (χ3n) is 4.14. The van der Waals surface area contributed by atoms with E-state index in [1.54, 1.807) is 4.52 Å². The maximum Gasteiger partial charge on any atom is 0.254 e. The van der Waals surface area contributed by atoms with Crippen LogP contribution in [0.15, 0.2) is 18.7 Å². The highest BCUT2D eigenvalue weighted by Gasteiger charge is 2.16. The molecule has 4 aromatic heterocycles. The highest BCUT2D eigenvalue weighted by Crippen LogP contribution is 2.28. The van der Waals surface area contributed by atoms with Gasteiger partial charge in [0, 0.05) is 18.8 Å². The molecule has 0 bridgehead atoms. The van der Waals surface area contributed by atoms with Crippen LogP contribution in [0, 0.1) is 0 Å². The number of fused-ring (bicyclic) bond motifs is 5. The lowest BCUT2D eigenvalue weighted by Gasteiger charge is -2.14. The first-order valence-corrected chi connectivity index (χ1v) is 7.83. The lowest BCUT2D eigenvalue weighted by molar-refractivity contribution is 0.677. The van der Waals surface area contributed by atoms with E-state index in [-0.39, 0.29) is 0 Å². The summed E-state index contributed by atoms with van der Waals surface area (Å²) in [5.41, 5.74) is 1.78. The fourth-order valence-electron chi connectivity index (χ4n) is 2.72. The molecule has 8 nitrogen and oxygen atoms in total. The van der Waals surface area contributed by atoms with Gasteiger partial charge in [-0.05, 0) is 20.3 Å². The van der Waals surface area contributed by atoms with Crippen LogP contribution in [0.4, 0.5) is 5.82 Å². The summed E-state index contributed by atoms with van der Waals surface area (Å²) in [6.45, 7) is 7.08. The van der Waals surface area contributed by atoms with Crippen molar-refractivity contribution in [3.63, 3.8) is 0 Å². The van der Waals surface area contributed by atoms with Crippen LogP contribution in [-0.4, -0.2) is 40.4 Å². The molecule has 0 aliphatic heterocycles. The lowest BCUT2D eigenvalue weighted by atomic mass is 10.2. The summed E-state index contributed by atoms with van der Waals surface area (Å²) in [6.07, 6.45) is 6.20. The number of rotatable bonds is 4. The molecule has 4 heterocycles. The number of anilines is 1. The molecule has 0 aromatic carbocycles. The van der Waals surface area contributed by atoms with E-state index in [1.807, 2.05) is 24.0 Å². The summed E-state index contributed by atoms with van der Waals surface area (Å²) < 4.78 is 3.63. The van der Waals surface area contributed by atoms with Crippen molar-refractivity contribution in [2.24, 2.45) is 0 Å². The predicted octanol–water partition coefficient (Wildman–Crippen LogP) is 2.25. The van der Waals surface area contributed by atoms with Gasteiger partial charge < -0.3 is 5.32 Å². The van der Waals surface area contributed by atoms with Gasteiger partial charge in [0.2, 0.25) is 0 Å². The van der Waals surface area contributed by atoms with Gasteiger partial charge in [-0.3, -0.25) is 0 Å². The normalized spacial score (nSPS) is 13.2. The summed E-state index contributed by atoms with van der Waals surface area (Å²) in [5.74, 6) is 1.36. The minimum absolute atomic E-state index is 0.310. The number of nitrogens with zero attached hydrogens (tertiary/aromatic N) is 7. The largest absolute Gasteiger partial charge is 0.367 e. The van der Waals surface area contributed by atoms with Gasteiger partial charge in [0.15, 0.2) is 5.65 Å². The number of hydrogen-bond donors (Lipinski definition) is 1. The molecule has 118 valence electrons. The second-order valence-electron chi connectivity index (χ2n) is 5.60. The number of pyridine rings is 1. The van der Waals surface area contributed by atoms with Crippen molar-refractivity contribution in [1.82, 2.24) is 34.3 Å². The maximum absolute atomic E-state index is 4.60. The SMILES string of the molecule is CCC(C)Nc1nc2ncnn2c2c1cnc1c2cnn1CC. The van der Waals surface area contributed by atoms with E-state index >= 15 is 0 Å². The molecule has 0 radical (unpaired) electrons. The third-order valence-corrected chi connectivity index (χ3v) is 4.14. The van der Waals surface area contributed by atoms with E-state index in [9.17, 15) is 0 Å². The summed E-state index contributed by atoms with van der Waals surface area (Å²) in [7, 11) is 0. The second kappa shape index (κ2) is 5.15. The van der Waals surface area contributed by atoms with Gasteiger partial charge >= 0.3 is 0 Å². The zero-order valence-electron chi connectivity index (χ0n) is 13.4. The van der Waals surface area contributed by atoms with Crippen LogP contribution in [-0.2, 0) is 6.54 Å². The summed E-state index contributed by atoms with van der Waals surface area (Å²) in [5, 5.41) is 14.1. The van der Waals surface area contributed by atoms with Gasteiger partial charge in [0.1, 0.15) is 12.1 Å². The Bertz CT molecular complexity index is 999. The molecule has 0 aliphatic carbocycles. The molecule has 0 saturated carbocycles. The van der Waals surface area contributed by atoms with Crippen molar-refractivity contribution in [2.45, 2.75) is 39.8 Å². The smallest absolute Gasteiger partial charge is 0.254 e. The molecule has 23 heavy (non-hydrogen) atoms. The highest BCUT2D eigenvalue weighted by atomic mass is 15.3. The molecule has 4 rings (SSSR count). The molecule has 8 heteroatoms. The Labute approximate surface area is 132 Å². The minimum Gasteiger partial charge on any atom is -0.367 e. The minimum atomic E-state index is 0.310. The predicted molar refractivity (Wildman–Crippen MR) is 88.4 cm³/mol. The average Bonchev–Trinajstić information content (AvgIpc) is 3.20. The standard InChI is InChI=1S/C15H18N8/c1-4-9(3)20-13-10-6-16-14-11(7-18-22(14)5-2)12(10)23-15(21-13)17-8-19-23/h6-9H,4-5H2,1-3H3,(H,17,19,20,21). The van der Waals surface area contributed by atoms with Crippen LogP contribution in [0.3, 0.4) is 0 Å². The van der Waals surface area contributed by atoms with E-state index in [1.165, 1.54) is 6.33 Å². The quantitative estimate of drug-likeness (QED) is 0.622. The lowest BCUT2D eigenvalue weighted by Crippen LogP contribution is -2.15. The molecule has 4 aromatic rings. The number of hydrogen-bond acceptors (Lipinski definition) is 6. The van der Waals surface area contributed by atoms with Crippen LogP contribution in [0.1, 0.15) is 27.2 Å². The van der Waals surface area contributed by atoms with E-state index in [0.717, 1.165) is 40.7 Å². The van der Waals surface area contributed by atoms with Crippen molar-refractivity contribution in [2.75, 3.05) is 5.32 Å². The van der Waals surface area contributed by atoms with Crippen molar-refractivity contribution in [1.29, 1.82) is 0 Å². The Morgan fingerprint density at radius 2 is 2.00 bits per heavy atom. The van der Waals surface area contributed by atoms with Crippen LogP contribution in [0.5, 0.6) is 0 Å². The summed E-state index contributed by atoms with van der Waals surface area (Å²) >= 11 is 0. The Hall–Kier alpha value is -2.77. The molecule has 1 unspecified atom stereocenters. The fraction of sp³-hybridized carbons (Fsp3) is 0.400. The van der Waals surface area contributed by atoms with E-state index in [2.05, 4.69) is 44.3 Å². The van der Waals surface area contributed by atoms with Gasteiger partial charge in [-0.25, -0.2) is 9.67 Å². The first-order valence-electron chi connectivity index (χ1n) is 7.83. The van der Waals surface area contributed by atoms with E-state index in [0.29, 0.717) is 11.8 Å². The zero-order chi connectivity index (χ0) is 16.0. The number of aryl methyl sites for hydroxylation is 1. The topological polar surface area (TPSA) is 85.8 Å². The number of aromatic nitrogens is 7. The van der Waals surface area contributed by atoms with Crippen molar-refractivity contribution < 1.29 is 0 Å². The van der Waals surface area contributed by atoms with Crippen LogP contribution in [0.25, 0.3) is 27.7 Å². The second-order valence-corrected chi connectivity index (χ2v) is 5.60. The Morgan fingerprint density at radius 3 is 2.78 bits per heavy atom. The molecular formula is C15H18N8. The zero-order valence-corrected chi connectivity index (χ0v) is 13.4. The van der Waals surface area contributed by atoms with Gasteiger partial charge in [-0.2, -0.15) is 24.7 Å². The van der Waals surface area contributed by atoms with Crippen molar-refractivity contribution >= 4 is 33.5 Å². The van der Waals surface area contributed by atoms with E-state index < -0.39 is 0 Å². The first-order chi connectivity index (χ1) is 11.2. The molecule has 0 fully saturated rings. The molecule has 1 atom stereocenters. The van der Waals surface area contributed by atoms with E-state index in [4.69, 9.17) is 0 Å². The molecular weight excluding hydrogens is 292 g/mol. The summed E-state index contributed by atoms with van der Waals surface area (Å²) in [6, 6.07) is 0.310. The average molecular weight is 310 g/mol. The Morgan fingerprint density at radius 1 is 1.13 bits per heavy atom. The first kappa shape index (κ1) is 13.9. The molecule has 0 amide bonds. The molecule has 0 spiro atoms. The monoisotopic (exact) mass is 310 g/mol. The highest BCUT2D eigenvalue weighted by molar-refractivity contribution is 6.06. The Kier molecular flexibility index (Phi) is 3.10. The van der Waals surface area contributed by atoms with Gasteiger partial charge in [-0.1, -0.05) is 6.92 Å². The maximum atomic E-state index is 4.60. The molecule has 1 N–H and O–H groups in total. The summed E-state index contributed by atoms with van der Waals surface area (Å²) in [4.78, 5) is 13.4. The van der Waals surface area contributed by atoms with Gasteiger partial charge in [0.25, 0.3) is 5.78 Å². The molecule has 0 saturated heterocycles. The number of nitrogens with one attached hydrogen (secondary N) is 1. The van der Waals surface area contributed by atoms with Crippen LogP contribution in [0.2, 0.25) is 0 Å². The third kappa shape index (κ3) is 2.01. The van der Waals surface area contributed by atoms with Crippen LogP contribution < -0.4 is 5.32 Å². The van der Waals surface area contributed by atoms with Gasteiger partial charge in [-0.15, -0.1) is 0 Å². The van der Waals surface area contributed by atoms with Crippen molar-refractivity contribution in [3.05, 3.63) is 18.7 Å². The van der Waals surface area contributed by atoms with Crippen molar-refractivity contribution in [3.8, 4) is 0 Å². The van der Waals surface area contributed by atoms with Gasteiger partial charge in [0.05, 0.1) is 22.5 Å². The Balaban J connectivity index is 2.10. The fourth-order valence-corrected chi connectivity index (χ4v) is 2.72.